The molecule has 0 unspecified atom stereocenters. The lowest BCUT2D eigenvalue weighted by molar-refractivity contribution is 0.544. The zero-order chi connectivity index (χ0) is 10.8. The van der Waals surface area contributed by atoms with Crippen LogP contribution in [-0.2, 0) is 6.42 Å². The number of hydrogen-bond acceptors (Lipinski definition) is 1. The van der Waals surface area contributed by atoms with Gasteiger partial charge in [-0.1, -0.05) is 26.8 Å². The summed E-state index contributed by atoms with van der Waals surface area (Å²) in [5.74, 6) is 1.69. The molecule has 0 fully saturated rings. The summed E-state index contributed by atoms with van der Waals surface area (Å²) in [6.07, 6.45) is 2.17. The van der Waals surface area contributed by atoms with Gasteiger partial charge in [0.25, 0.3) is 0 Å². The van der Waals surface area contributed by atoms with Crippen LogP contribution in [0.2, 0.25) is 0 Å². The molecule has 1 heteroatoms. The van der Waals surface area contributed by atoms with Crippen LogP contribution in [0.1, 0.15) is 44.4 Å². The average Bonchev–Trinajstić information content (AvgIpc) is 2.59. The largest absolute Gasteiger partial charge is 0.461 e. The van der Waals surface area contributed by atoms with E-state index in [-0.39, 0.29) is 0 Å². The highest BCUT2D eigenvalue weighted by Gasteiger charge is 2.05. The van der Waals surface area contributed by atoms with Crippen LogP contribution in [-0.4, -0.2) is 0 Å². The van der Waals surface area contributed by atoms with E-state index in [0.717, 1.165) is 24.2 Å². The van der Waals surface area contributed by atoms with Crippen molar-refractivity contribution in [2.24, 2.45) is 0 Å². The lowest BCUT2D eigenvalue weighted by Gasteiger charge is -2.03. The molecular formula is C14H18O. The molecular weight excluding hydrogens is 184 g/mol. The van der Waals surface area contributed by atoms with Gasteiger partial charge in [-0.2, -0.15) is 0 Å². The average molecular weight is 202 g/mol. The first-order chi connectivity index (χ1) is 7.20. The molecule has 0 radical (unpaired) electrons. The Balaban J connectivity index is 2.43. The van der Waals surface area contributed by atoms with Gasteiger partial charge < -0.3 is 4.42 Å². The SMILES string of the molecule is CCCc1cc2cc(C(C)C)ccc2o1. The van der Waals surface area contributed by atoms with Crippen molar-refractivity contribution in [3.63, 3.8) is 0 Å². The molecule has 0 N–H and O–H groups in total. The fourth-order valence-corrected chi connectivity index (χ4v) is 1.85. The van der Waals surface area contributed by atoms with E-state index in [1.54, 1.807) is 0 Å². The molecule has 1 aromatic heterocycles. The molecule has 80 valence electrons. The van der Waals surface area contributed by atoms with E-state index in [1.165, 1.54) is 10.9 Å². The zero-order valence-electron chi connectivity index (χ0n) is 9.71. The summed E-state index contributed by atoms with van der Waals surface area (Å²) >= 11 is 0. The van der Waals surface area contributed by atoms with Crippen LogP contribution >= 0.6 is 0 Å². The Kier molecular flexibility index (Phi) is 2.81. The molecule has 0 saturated carbocycles. The van der Waals surface area contributed by atoms with Gasteiger partial charge >= 0.3 is 0 Å². The van der Waals surface area contributed by atoms with Crippen LogP contribution in [0.4, 0.5) is 0 Å². The van der Waals surface area contributed by atoms with Gasteiger partial charge in [0.2, 0.25) is 0 Å². The molecule has 1 heterocycles. The Morgan fingerprint density at radius 1 is 1.20 bits per heavy atom. The van der Waals surface area contributed by atoms with Crippen molar-refractivity contribution in [2.75, 3.05) is 0 Å². The Labute approximate surface area is 91.1 Å². The summed E-state index contributed by atoms with van der Waals surface area (Å²) in [6.45, 7) is 6.61. The van der Waals surface area contributed by atoms with Crippen molar-refractivity contribution in [2.45, 2.75) is 39.5 Å². The van der Waals surface area contributed by atoms with Crippen molar-refractivity contribution in [1.82, 2.24) is 0 Å². The predicted molar refractivity (Wildman–Crippen MR) is 64.3 cm³/mol. The Bertz CT molecular complexity index is 451. The minimum absolute atomic E-state index is 0.582. The highest BCUT2D eigenvalue weighted by Crippen LogP contribution is 2.24. The van der Waals surface area contributed by atoms with E-state index in [1.807, 2.05) is 0 Å². The summed E-state index contributed by atoms with van der Waals surface area (Å²) in [5.41, 5.74) is 2.40. The first kappa shape index (κ1) is 10.3. The van der Waals surface area contributed by atoms with Gasteiger partial charge in [0.05, 0.1) is 0 Å². The second-order valence-corrected chi connectivity index (χ2v) is 4.41. The highest BCUT2D eigenvalue weighted by molar-refractivity contribution is 5.78. The van der Waals surface area contributed by atoms with E-state index in [2.05, 4.69) is 45.0 Å². The molecule has 0 spiro atoms. The fraction of sp³-hybridized carbons (Fsp3) is 0.429. The fourth-order valence-electron chi connectivity index (χ4n) is 1.85. The predicted octanol–water partition coefficient (Wildman–Crippen LogP) is 4.51. The number of rotatable bonds is 3. The maximum atomic E-state index is 5.74. The minimum Gasteiger partial charge on any atom is -0.461 e. The molecule has 2 aromatic rings. The zero-order valence-corrected chi connectivity index (χ0v) is 9.71. The summed E-state index contributed by atoms with van der Waals surface area (Å²) in [7, 11) is 0. The van der Waals surface area contributed by atoms with Crippen molar-refractivity contribution < 1.29 is 4.42 Å². The Hall–Kier alpha value is -1.24. The number of furan rings is 1. The molecule has 2 rings (SSSR count). The number of hydrogen-bond donors (Lipinski definition) is 0. The first-order valence-corrected chi connectivity index (χ1v) is 5.73. The smallest absolute Gasteiger partial charge is 0.134 e. The van der Waals surface area contributed by atoms with E-state index >= 15 is 0 Å². The van der Waals surface area contributed by atoms with E-state index in [4.69, 9.17) is 4.42 Å². The van der Waals surface area contributed by atoms with Crippen molar-refractivity contribution >= 4 is 11.0 Å². The van der Waals surface area contributed by atoms with Crippen molar-refractivity contribution in [3.05, 3.63) is 35.6 Å². The standard InChI is InChI=1S/C14H18O/c1-4-5-13-9-12-8-11(10(2)3)6-7-14(12)15-13/h6-10H,4-5H2,1-3H3. The maximum absolute atomic E-state index is 5.74. The third-order valence-corrected chi connectivity index (χ3v) is 2.75. The van der Waals surface area contributed by atoms with E-state index < -0.39 is 0 Å². The Morgan fingerprint density at radius 2 is 2.00 bits per heavy atom. The second-order valence-electron chi connectivity index (χ2n) is 4.41. The molecule has 0 aliphatic rings. The van der Waals surface area contributed by atoms with Gasteiger partial charge in [0, 0.05) is 11.8 Å². The van der Waals surface area contributed by atoms with Crippen LogP contribution in [0.15, 0.2) is 28.7 Å². The molecule has 0 aliphatic carbocycles. The summed E-state index contributed by atoms with van der Waals surface area (Å²) < 4.78 is 5.74. The molecule has 0 amide bonds. The third kappa shape index (κ3) is 2.06. The maximum Gasteiger partial charge on any atom is 0.134 e. The lowest BCUT2D eigenvalue weighted by atomic mass is 10.0. The molecule has 15 heavy (non-hydrogen) atoms. The van der Waals surface area contributed by atoms with Crippen molar-refractivity contribution in [3.8, 4) is 0 Å². The normalized spacial score (nSPS) is 11.5. The minimum atomic E-state index is 0.582. The van der Waals surface area contributed by atoms with Crippen LogP contribution in [0.25, 0.3) is 11.0 Å². The lowest BCUT2D eigenvalue weighted by Crippen LogP contribution is -1.84. The summed E-state index contributed by atoms with van der Waals surface area (Å²) in [4.78, 5) is 0. The Morgan fingerprint density at radius 3 is 2.67 bits per heavy atom. The summed E-state index contributed by atoms with van der Waals surface area (Å²) in [5, 5.41) is 1.24. The molecule has 0 bridgehead atoms. The first-order valence-electron chi connectivity index (χ1n) is 5.73. The van der Waals surface area contributed by atoms with Crippen LogP contribution in [0.3, 0.4) is 0 Å². The summed E-state index contributed by atoms with van der Waals surface area (Å²) in [6, 6.07) is 8.66. The monoisotopic (exact) mass is 202 g/mol. The highest BCUT2D eigenvalue weighted by atomic mass is 16.3. The third-order valence-electron chi connectivity index (χ3n) is 2.75. The van der Waals surface area contributed by atoms with E-state index in [9.17, 15) is 0 Å². The molecule has 1 nitrogen and oxygen atoms in total. The van der Waals surface area contributed by atoms with Gasteiger partial charge in [-0.05, 0) is 36.1 Å². The number of fused-ring (bicyclic) bond motifs is 1. The molecule has 1 aromatic carbocycles. The molecule has 0 saturated heterocycles. The van der Waals surface area contributed by atoms with Gasteiger partial charge in [-0.15, -0.1) is 0 Å². The van der Waals surface area contributed by atoms with Gasteiger partial charge in [-0.3, -0.25) is 0 Å². The van der Waals surface area contributed by atoms with Gasteiger partial charge in [-0.25, -0.2) is 0 Å². The molecule has 0 aliphatic heterocycles. The van der Waals surface area contributed by atoms with Gasteiger partial charge in [0.1, 0.15) is 11.3 Å². The topological polar surface area (TPSA) is 13.1 Å². The molecule has 0 atom stereocenters. The quantitative estimate of drug-likeness (QED) is 0.713. The van der Waals surface area contributed by atoms with Crippen LogP contribution < -0.4 is 0 Å². The van der Waals surface area contributed by atoms with Gasteiger partial charge in [0.15, 0.2) is 0 Å². The van der Waals surface area contributed by atoms with Crippen molar-refractivity contribution in [1.29, 1.82) is 0 Å². The van der Waals surface area contributed by atoms with E-state index in [0.29, 0.717) is 5.92 Å². The van der Waals surface area contributed by atoms with Crippen LogP contribution in [0, 0.1) is 0 Å². The number of aryl methyl sites for hydroxylation is 1. The second kappa shape index (κ2) is 4.09. The van der Waals surface area contributed by atoms with Crippen LogP contribution in [0.5, 0.6) is 0 Å². The number of benzene rings is 1.